The lowest BCUT2D eigenvalue weighted by Crippen LogP contribution is -2.26. The zero-order chi connectivity index (χ0) is 17.2. The topological polar surface area (TPSA) is 77.2 Å². The molecular weight excluding hydrogens is 326 g/mol. The van der Waals surface area contributed by atoms with Gasteiger partial charge in [-0.25, -0.2) is 0 Å². The lowest BCUT2D eigenvalue weighted by atomic mass is 10.2. The van der Waals surface area contributed by atoms with Crippen LogP contribution >= 0.6 is 11.8 Å². The molecule has 0 aliphatic heterocycles. The number of hydrogen-bond acceptors (Lipinski definition) is 6. The Hall–Kier alpha value is -2.02. The minimum atomic E-state index is -0.0132. The van der Waals surface area contributed by atoms with Crippen LogP contribution in [0.5, 0.6) is 5.75 Å². The van der Waals surface area contributed by atoms with Gasteiger partial charge in [-0.05, 0) is 30.7 Å². The number of amides is 1. The van der Waals surface area contributed by atoms with E-state index in [1.165, 1.54) is 24.6 Å². The minimum Gasteiger partial charge on any atom is -0.497 e. The summed E-state index contributed by atoms with van der Waals surface area (Å²) in [6, 6.07) is 7.37. The standard InChI is InChI=1S/C17H23N3O3S/c1-3-4-5-6-11-18-15(21)12-24-17-20-19-16(23-17)13-7-9-14(22-2)10-8-13/h7-10H,3-6,11-12H2,1-2H3,(H,18,21). The number of aromatic nitrogens is 2. The number of nitrogens with one attached hydrogen (secondary N) is 1. The monoisotopic (exact) mass is 349 g/mol. The van der Waals surface area contributed by atoms with Crippen molar-refractivity contribution < 1.29 is 13.9 Å². The van der Waals surface area contributed by atoms with Crippen molar-refractivity contribution in [3.8, 4) is 17.2 Å². The van der Waals surface area contributed by atoms with E-state index < -0.39 is 0 Å². The van der Waals surface area contributed by atoms with E-state index in [1.807, 2.05) is 24.3 Å². The molecule has 0 atom stereocenters. The number of unbranched alkanes of at least 4 members (excludes halogenated alkanes) is 3. The highest BCUT2D eigenvalue weighted by Crippen LogP contribution is 2.24. The van der Waals surface area contributed by atoms with E-state index in [0.29, 0.717) is 11.1 Å². The van der Waals surface area contributed by atoms with Gasteiger partial charge in [-0.2, -0.15) is 0 Å². The molecule has 1 aromatic heterocycles. The van der Waals surface area contributed by atoms with Gasteiger partial charge in [0.2, 0.25) is 11.8 Å². The molecule has 0 aliphatic rings. The number of thioether (sulfide) groups is 1. The first kappa shape index (κ1) is 18.3. The predicted molar refractivity (Wildman–Crippen MR) is 94.2 cm³/mol. The molecule has 0 saturated heterocycles. The quantitative estimate of drug-likeness (QED) is 0.522. The largest absolute Gasteiger partial charge is 0.497 e. The van der Waals surface area contributed by atoms with E-state index in [1.54, 1.807) is 7.11 Å². The van der Waals surface area contributed by atoms with Crippen LogP contribution in [0.1, 0.15) is 32.6 Å². The first-order valence-electron chi connectivity index (χ1n) is 8.10. The molecule has 0 unspecified atom stereocenters. The summed E-state index contributed by atoms with van der Waals surface area (Å²) in [5, 5.41) is 11.3. The van der Waals surface area contributed by atoms with Crippen molar-refractivity contribution in [3.05, 3.63) is 24.3 Å². The molecule has 6 nitrogen and oxygen atoms in total. The van der Waals surface area contributed by atoms with Crippen LogP contribution in [0.2, 0.25) is 0 Å². The highest BCUT2D eigenvalue weighted by molar-refractivity contribution is 7.99. The van der Waals surface area contributed by atoms with Gasteiger partial charge in [0, 0.05) is 12.1 Å². The summed E-state index contributed by atoms with van der Waals surface area (Å²) < 4.78 is 10.7. The van der Waals surface area contributed by atoms with E-state index in [9.17, 15) is 4.79 Å². The lowest BCUT2D eigenvalue weighted by Gasteiger charge is -2.03. The number of nitrogens with zero attached hydrogens (tertiary/aromatic N) is 2. The van der Waals surface area contributed by atoms with Gasteiger partial charge in [0.25, 0.3) is 5.22 Å². The number of benzene rings is 1. The third kappa shape index (κ3) is 5.88. The fourth-order valence-electron chi connectivity index (χ4n) is 2.08. The number of rotatable bonds is 10. The molecule has 1 N–H and O–H groups in total. The number of carbonyl (C=O) groups excluding carboxylic acids is 1. The second-order valence-electron chi connectivity index (χ2n) is 5.30. The van der Waals surface area contributed by atoms with E-state index in [0.717, 1.165) is 30.7 Å². The molecule has 0 fully saturated rings. The summed E-state index contributed by atoms with van der Waals surface area (Å²) in [6.45, 7) is 2.89. The number of methoxy groups -OCH3 is 1. The highest BCUT2D eigenvalue weighted by atomic mass is 32.2. The number of hydrogen-bond donors (Lipinski definition) is 1. The Morgan fingerprint density at radius 2 is 2.00 bits per heavy atom. The Labute approximate surface area is 146 Å². The molecule has 1 amide bonds. The average Bonchev–Trinajstić information content (AvgIpc) is 3.09. The molecule has 130 valence electrons. The van der Waals surface area contributed by atoms with Gasteiger partial charge in [0.1, 0.15) is 5.75 Å². The summed E-state index contributed by atoms with van der Waals surface area (Å²) in [5.41, 5.74) is 0.815. The van der Waals surface area contributed by atoms with Crippen molar-refractivity contribution in [2.24, 2.45) is 0 Å². The summed E-state index contributed by atoms with van der Waals surface area (Å²) >= 11 is 1.24. The first-order chi connectivity index (χ1) is 11.7. The molecule has 0 radical (unpaired) electrons. The predicted octanol–water partition coefficient (Wildman–Crippen LogP) is 3.53. The third-order valence-electron chi connectivity index (χ3n) is 3.42. The normalized spacial score (nSPS) is 10.6. The van der Waals surface area contributed by atoms with Crippen molar-refractivity contribution in [1.82, 2.24) is 15.5 Å². The molecular formula is C17H23N3O3S. The number of carbonyl (C=O) groups is 1. The molecule has 7 heteroatoms. The van der Waals surface area contributed by atoms with Crippen LogP contribution in [0.4, 0.5) is 0 Å². The Morgan fingerprint density at radius 3 is 2.71 bits per heavy atom. The molecule has 1 heterocycles. The van der Waals surface area contributed by atoms with E-state index in [4.69, 9.17) is 9.15 Å². The SMILES string of the molecule is CCCCCCNC(=O)CSc1nnc(-c2ccc(OC)cc2)o1. The van der Waals surface area contributed by atoms with E-state index in [2.05, 4.69) is 22.4 Å². The van der Waals surface area contributed by atoms with Crippen molar-refractivity contribution in [2.75, 3.05) is 19.4 Å². The Balaban J connectivity index is 1.75. The van der Waals surface area contributed by atoms with Crippen LogP contribution < -0.4 is 10.1 Å². The van der Waals surface area contributed by atoms with Gasteiger partial charge in [0.05, 0.1) is 12.9 Å². The van der Waals surface area contributed by atoms with Gasteiger partial charge in [-0.3, -0.25) is 4.79 Å². The Morgan fingerprint density at radius 1 is 1.21 bits per heavy atom. The maximum Gasteiger partial charge on any atom is 0.277 e. The molecule has 1 aromatic carbocycles. The van der Waals surface area contributed by atoms with Crippen LogP contribution in [0.25, 0.3) is 11.5 Å². The van der Waals surface area contributed by atoms with Crippen molar-refractivity contribution >= 4 is 17.7 Å². The maximum atomic E-state index is 11.8. The molecule has 0 aliphatic carbocycles. The summed E-state index contributed by atoms with van der Waals surface area (Å²) in [7, 11) is 1.62. The van der Waals surface area contributed by atoms with Gasteiger partial charge in [-0.15, -0.1) is 10.2 Å². The summed E-state index contributed by atoms with van der Waals surface area (Å²) in [5.74, 6) is 1.46. The van der Waals surface area contributed by atoms with Gasteiger partial charge >= 0.3 is 0 Å². The van der Waals surface area contributed by atoms with Gasteiger partial charge < -0.3 is 14.5 Å². The second-order valence-corrected chi connectivity index (χ2v) is 6.23. The molecule has 24 heavy (non-hydrogen) atoms. The minimum absolute atomic E-state index is 0.0132. The first-order valence-corrected chi connectivity index (χ1v) is 9.09. The smallest absolute Gasteiger partial charge is 0.277 e. The fraction of sp³-hybridized carbons (Fsp3) is 0.471. The second kappa shape index (κ2) is 9.97. The maximum absolute atomic E-state index is 11.8. The van der Waals surface area contributed by atoms with Crippen molar-refractivity contribution in [3.63, 3.8) is 0 Å². The molecule has 2 aromatic rings. The molecule has 0 bridgehead atoms. The average molecular weight is 349 g/mol. The van der Waals surface area contributed by atoms with Crippen LogP contribution in [0.15, 0.2) is 33.9 Å². The fourth-order valence-corrected chi connectivity index (χ4v) is 2.67. The third-order valence-corrected chi connectivity index (χ3v) is 4.24. The molecule has 2 rings (SSSR count). The zero-order valence-electron chi connectivity index (χ0n) is 14.1. The number of ether oxygens (including phenoxy) is 1. The lowest BCUT2D eigenvalue weighted by molar-refractivity contribution is -0.118. The van der Waals surface area contributed by atoms with Crippen LogP contribution in [-0.4, -0.2) is 35.5 Å². The summed E-state index contributed by atoms with van der Waals surface area (Å²) in [4.78, 5) is 11.8. The summed E-state index contributed by atoms with van der Waals surface area (Å²) in [6.07, 6.45) is 4.57. The Bertz CT molecular complexity index is 628. The molecule has 0 spiro atoms. The Kier molecular flexibility index (Phi) is 7.61. The van der Waals surface area contributed by atoms with Crippen LogP contribution in [-0.2, 0) is 4.79 Å². The van der Waals surface area contributed by atoms with Gasteiger partial charge in [-0.1, -0.05) is 37.9 Å². The van der Waals surface area contributed by atoms with E-state index >= 15 is 0 Å². The van der Waals surface area contributed by atoms with Gasteiger partial charge in [0.15, 0.2) is 0 Å². The molecule has 0 saturated carbocycles. The van der Waals surface area contributed by atoms with E-state index in [-0.39, 0.29) is 11.7 Å². The highest BCUT2D eigenvalue weighted by Gasteiger charge is 2.11. The van der Waals surface area contributed by atoms with Crippen LogP contribution in [0, 0.1) is 0 Å². The van der Waals surface area contributed by atoms with Crippen molar-refractivity contribution in [1.29, 1.82) is 0 Å². The van der Waals surface area contributed by atoms with Crippen LogP contribution in [0.3, 0.4) is 0 Å². The van der Waals surface area contributed by atoms with Crippen molar-refractivity contribution in [2.45, 2.75) is 37.8 Å². The zero-order valence-corrected chi connectivity index (χ0v) is 14.9.